The van der Waals surface area contributed by atoms with Crippen molar-refractivity contribution < 1.29 is 9.53 Å². The molecule has 2 aliphatic heterocycles. The van der Waals surface area contributed by atoms with Crippen molar-refractivity contribution in [3.63, 3.8) is 0 Å². The van der Waals surface area contributed by atoms with E-state index < -0.39 is 0 Å². The topological polar surface area (TPSA) is 32.8 Å². The first-order chi connectivity index (χ1) is 7.75. The van der Waals surface area contributed by atoms with Crippen LogP contribution in [0.15, 0.2) is 0 Å². The molecular formula is C12H22N2O2. The Morgan fingerprint density at radius 3 is 2.38 bits per heavy atom. The summed E-state index contributed by atoms with van der Waals surface area (Å²) in [6.45, 7) is 8.59. The van der Waals surface area contributed by atoms with Crippen LogP contribution in [0.2, 0.25) is 0 Å². The largest absolute Gasteiger partial charge is 0.381 e. The van der Waals surface area contributed by atoms with Gasteiger partial charge in [-0.15, -0.1) is 0 Å². The third-order valence-corrected chi connectivity index (χ3v) is 3.67. The van der Waals surface area contributed by atoms with E-state index in [1.165, 1.54) is 19.4 Å². The molecule has 0 bridgehead atoms. The van der Waals surface area contributed by atoms with Crippen LogP contribution in [-0.4, -0.2) is 61.6 Å². The van der Waals surface area contributed by atoms with Gasteiger partial charge >= 0.3 is 0 Å². The number of nitrogens with zero attached hydrogens (tertiary/aromatic N) is 2. The Hall–Kier alpha value is -0.610. The Morgan fingerprint density at radius 1 is 1.19 bits per heavy atom. The standard InChI is InChI=1S/C12H22N2O2/c1-11(15)14-6-4-13(5-7-14)10-12-2-8-16-9-3-12/h12H,2-10H2,1H3. The van der Waals surface area contributed by atoms with Gasteiger partial charge in [0.1, 0.15) is 0 Å². The Morgan fingerprint density at radius 2 is 1.81 bits per heavy atom. The van der Waals surface area contributed by atoms with E-state index in [1.807, 2.05) is 4.90 Å². The van der Waals surface area contributed by atoms with Gasteiger partial charge in [-0.3, -0.25) is 9.69 Å². The van der Waals surface area contributed by atoms with Gasteiger partial charge in [-0.05, 0) is 18.8 Å². The van der Waals surface area contributed by atoms with Crippen molar-refractivity contribution in [1.29, 1.82) is 0 Å². The van der Waals surface area contributed by atoms with E-state index in [0.717, 1.165) is 45.3 Å². The first-order valence-electron chi connectivity index (χ1n) is 6.31. The van der Waals surface area contributed by atoms with E-state index in [1.54, 1.807) is 6.92 Å². The Labute approximate surface area is 97.5 Å². The summed E-state index contributed by atoms with van der Waals surface area (Å²) in [7, 11) is 0. The number of carbonyl (C=O) groups is 1. The maximum atomic E-state index is 11.2. The fourth-order valence-electron chi connectivity index (χ4n) is 2.54. The maximum Gasteiger partial charge on any atom is 0.219 e. The predicted molar refractivity (Wildman–Crippen MR) is 62.2 cm³/mol. The lowest BCUT2D eigenvalue weighted by atomic mass is 9.99. The van der Waals surface area contributed by atoms with E-state index in [2.05, 4.69) is 4.90 Å². The molecule has 0 aromatic carbocycles. The van der Waals surface area contributed by atoms with Crippen molar-refractivity contribution in [2.24, 2.45) is 5.92 Å². The van der Waals surface area contributed by atoms with Crippen molar-refractivity contribution in [3.8, 4) is 0 Å². The number of carbonyl (C=O) groups excluding carboxylic acids is 1. The minimum Gasteiger partial charge on any atom is -0.381 e. The van der Waals surface area contributed by atoms with Gasteiger partial charge in [0, 0.05) is 52.9 Å². The minimum atomic E-state index is 0.214. The minimum absolute atomic E-state index is 0.214. The highest BCUT2D eigenvalue weighted by Gasteiger charge is 2.22. The average Bonchev–Trinajstić information content (AvgIpc) is 2.31. The molecule has 16 heavy (non-hydrogen) atoms. The zero-order valence-corrected chi connectivity index (χ0v) is 10.2. The SMILES string of the molecule is CC(=O)N1CCN(CC2CCOCC2)CC1. The van der Waals surface area contributed by atoms with Gasteiger partial charge < -0.3 is 9.64 Å². The second-order valence-electron chi connectivity index (χ2n) is 4.86. The van der Waals surface area contributed by atoms with Gasteiger partial charge in [0.05, 0.1) is 0 Å². The Kier molecular flexibility index (Phi) is 4.18. The van der Waals surface area contributed by atoms with E-state index in [4.69, 9.17) is 4.74 Å². The zero-order valence-electron chi connectivity index (χ0n) is 10.2. The summed E-state index contributed by atoms with van der Waals surface area (Å²) in [6.07, 6.45) is 2.40. The summed E-state index contributed by atoms with van der Waals surface area (Å²) >= 11 is 0. The number of ether oxygens (including phenoxy) is 1. The van der Waals surface area contributed by atoms with Gasteiger partial charge in [-0.2, -0.15) is 0 Å². The monoisotopic (exact) mass is 226 g/mol. The van der Waals surface area contributed by atoms with E-state index in [-0.39, 0.29) is 5.91 Å². The van der Waals surface area contributed by atoms with Gasteiger partial charge in [-0.25, -0.2) is 0 Å². The van der Waals surface area contributed by atoms with Crippen molar-refractivity contribution in [2.45, 2.75) is 19.8 Å². The summed E-state index contributed by atoms with van der Waals surface area (Å²) in [4.78, 5) is 15.6. The molecule has 0 saturated carbocycles. The van der Waals surface area contributed by atoms with Crippen LogP contribution in [0.25, 0.3) is 0 Å². The molecule has 0 spiro atoms. The molecule has 0 unspecified atom stereocenters. The molecule has 1 amide bonds. The highest BCUT2D eigenvalue weighted by molar-refractivity contribution is 5.73. The smallest absolute Gasteiger partial charge is 0.219 e. The lowest BCUT2D eigenvalue weighted by molar-refractivity contribution is -0.130. The first kappa shape index (κ1) is 11.9. The molecule has 2 heterocycles. The van der Waals surface area contributed by atoms with Crippen molar-refractivity contribution in [2.75, 3.05) is 45.9 Å². The second kappa shape index (κ2) is 5.64. The number of rotatable bonds is 2. The fraction of sp³-hybridized carbons (Fsp3) is 0.917. The molecule has 4 heteroatoms. The highest BCUT2D eigenvalue weighted by atomic mass is 16.5. The molecule has 0 aromatic heterocycles. The first-order valence-corrected chi connectivity index (χ1v) is 6.31. The molecular weight excluding hydrogens is 204 g/mol. The van der Waals surface area contributed by atoms with Gasteiger partial charge in [0.15, 0.2) is 0 Å². The maximum absolute atomic E-state index is 11.2. The second-order valence-corrected chi connectivity index (χ2v) is 4.86. The molecule has 0 aromatic rings. The van der Waals surface area contributed by atoms with Crippen LogP contribution in [0.4, 0.5) is 0 Å². The van der Waals surface area contributed by atoms with Crippen molar-refractivity contribution in [3.05, 3.63) is 0 Å². The molecule has 2 rings (SSSR count). The molecule has 92 valence electrons. The van der Waals surface area contributed by atoms with Crippen LogP contribution < -0.4 is 0 Å². The molecule has 0 N–H and O–H groups in total. The molecule has 4 nitrogen and oxygen atoms in total. The van der Waals surface area contributed by atoms with Gasteiger partial charge in [-0.1, -0.05) is 0 Å². The Balaban J connectivity index is 1.70. The number of hydrogen-bond acceptors (Lipinski definition) is 3. The molecule has 2 aliphatic rings. The number of piperazine rings is 1. The Bertz CT molecular complexity index is 231. The number of hydrogen-bond donors (Lipinski definition) is 0. The summed E-state index contributed by atoms with van der Waals surface area (Å²) < 4.78 is 5.37. The third-order valence-electron chi connectivity index (χ3n) is 3.67. The summed E-state index contributed by atoms with van der Waals surface area (Å²) in [5, 5.41) is 0. The third kappa shape index (κ3) is 3.19. The summed E-state index contributed by atoms with van der Waals surface area (Å²) in [5.74, 6) is 1.02. The molecule has 2 fully saturated rings. The van der Waals surface area contributed by atoms with Crippen LogP contribution in [0.1, 0.15) is 19.8 Å². The van der Waals surface area contributed by atoms with Crippen LogP contribution in [0.5, 0.6) is 0 Å². The fourth-order valence-corrected chi connectivity index (χ4v) is 2.54. The molecule has 0 aliphatic carbocycles. The molecule has 2 saturated heterocycles. The predicted octanol–water partition coefficient (Wildman–Crippen LogP) is 0.577. The molecule has 0 radical (unpaired) electrons. The van der Waals surface area contributed by atoms with Crippen molar-refractivity contribution >= 4 is 5.91 Å². The lowest BCUT2D eigenvalue weighted by Gasteiger charge is -2.36. The van der Waals surface area contributed by atoms with Crippen LogP contribution in [0.3, 0.4) is 0 Å². The summed E-state index contributed by atoms with van der Waals surface area (Å²) in [6, 6.07) is 0. The van der Waals surface area contributed by atoms with Gasteiger partial charge in [0.2, 0.25) is 5.91 Å². The normalized spacial score (nSPS) is 24.7. The highest BCUT2D eigenvalue weighted by Crippen LogP contribution is 2.16. The van der Waals surface area contributed by atoms with Crippen LogP contribution in [-0.2, 0) is 9.53 Å². The zero-order chi connectivity index (χ0) is 11.4. The van der Waals surface area contributed by atoms with Crippen LogP contribution >= 0.6 is 0 Å². The number of amides is 1. The van der Waals surface area contributed by atoms with Crippen molar-refractivity contribution in [1.82, 2.24) is 9.80 Å². The van der Waals surface area contributed by atoms with E-state index >= 15 is 0 Å². The van der Waals surface area contributed by atoms with E-state index in [9.17, 15) is 4.79 Å². The van der Waals surface area contributed by atoms with Gasteiger partial charge in [0.25, 0.3) is 0 Å². The van der Waals surface area contributed by atoms with Crippen LogP contribution in [0, 0.1) is 5.92 Å². The molecule has 0 atom stereocenters. The average molecular weight is 226 g/mol. The van der Waals surface area contributed by atoms with E-state index in [0.29, 0.717) is 0 Å². The summed E-state index contributed by atoms with van der Waals surface area (Å²) in [5.41, 5.74) is 0. The lowest BCUT2D eigenvalue weighted by Crippen LogP contribution is -2.49. The quantitative estimate of drug-likeness (QED) is 0.690.